The third-order valence-electron chi connectivity index (χ3n) is 2.99. The van der Waals surface area contributed by atoms with Crippen molar-refractivity contribution in [3.8, 4) is 0 Å². The summed E-state index contributed by atoms with van der Waals surface area (Å²) in [5, 5.41) is 22.9. The Labute approximate surface area is 131 Å². The monoisotopic (exact) mass is 328 g/mol. The molecular weight excluding hydrogens is 315 g/mol. The first kappa shape index (κ1) is 16.0. The Morgan fingerprint density at radius 2 is 2.05 bits per heavy atom. The van der Waals surface area contributed by atoms with Gasteiger partial charge in [-0.1, -0.05) is 11.6 Å². The van der Waals surface area contributed by atoms with Crippen molar-refractivity contribution >= 4 is 45.7 Å². The van der Waals surface area contributed by atoms with Crippen molar-refractivity contribution in [2.75, 3.05) is 11.2 Å². The average molecular weight is 329 g/mol. The lowest BCUT2D eigenvalue weighted by Crippen LogP contribution is -2.15. The maximum absolute atomic E-state index is 11.4. The van der Waals surface area contributed by atoms with Gasteiger partial charge in [0.1, 0.15) is 12.0 Å². The fourth-order valence-electron chi connectivity index (χ4n) is 1.90. The van der Waals surface area contributed by atoms with Crippen LogP contribution < -0.4 is 5.32 Å². The van der Waals surface area contributed by atoms with Crippen LogP contribution in [0.3, 0.4) is 0 Å². The number of anilines is 1. The van der Waals surface area contributed by atoms with Crippen molar-refractivity contribution in [3.05, 3.63) is 35.0 Å². The summed E-state index contributed by atoms with van der Waals surface area (Å²) in [5.41, 5.74) is 1.31. The van der Waals surface area contributed by atoms with Crippen LogP contribution in [0.5, 0.6) is 0 Å². The minimum atomic E-state index is -1.08. The molecule has 0 radical (unpaired) electrons. The van der Waals surface area contributed by atoms with Crippen LogP contribution in [0.2, 0.25) is 5.02 Å². The minimum absolute atomic E-state index is 0.182. The van der Waals surface area contributed by atoms with Gasteiger partial charge in [0, 0.05) is 5.39 Å². The number of pyridine rings is 1. The molecule has 1 aromatic heterocycles. The number of carbonyl (C=O) groups is 1. The normalized spacial score (nSPS) is 14.0. The molecule has 112 valence electrons. The van der Waals surface area contributed by atoms with E-state index in [1.165, 1.54) is 6.92 Å². The van der Waals surface area contributed by atoms with Gasteiger partial charge in [0.05, 0.1) is 28.0 Å². The molecule has 0 saturated heterocycles. The smallest absolute Gasteiger partial charge is 0.239 e. The molecule has 1 amide bonds. The van der Waals surface area contributed by atoms with Gasteiger partial charge >= 0.3 is 0 Å². The molecule has 1 heterocycles. The minimum Gasteiger partial charge on any atom is -0.390 e. The highest BCUT2D eigenvalue weighted by atomic mass is 35.5. The molecule has 2 aromatic rings. The number of aliphatic hydroxyl groups is 2. The van der Waals surface area contributed by atoms with E-state index >= 15 is 0 Å². The number of halogens is 2. The highest BCUT2D eigenvalue weighted by Crippen LogP contribution is 2.31. The Morgan fingerprint density at radius 1 is 1.33 bits per heavy atom. The Kier molecular flexibility index (Phi) is 5.00. The molecular formula is C14H14Cl2N2O3. The second-order valence-corrected chi connectivity index (χ2v) is 5.27. The number of benzene rings is 1. The van der Waals surface area contributed by atoms with E-state index < -0.39 is 12.2 Å². The van der Waals surface area contributed by atoms with Crippen molar-refractivity contribution in [1.29, 1.82) is 0 Å². The second-order valence-electron chi connectivity index (χ2n) is 4.59. The molecule has 7 heteroatoms. The molecule has 0 spiro atoms. The van der Waals surface area contributed by atoms with E-state index in [1.807, 2.05) is 0 Å². The second kappa shape index (κ2) is 6.58. The van der Waals surface area contributed by atoms with E-state index in [9.17, 15) is 15.0 Å². The number of rotatable bonds is 4. The first-order valence-corrected chi connectivity index (χ1v) is 7.16. The number of aliphatic hydroxyl groups excluding tert-OH is 2. The van der Waals surface area contributed by atoms with Crippen molar-refractivity contribution < 1.29 is 15.0 Å². The van der Waals surface area contributed by atoms with E-state index in [-0.39, 0.29) is 11.8 Å². The maximum Gasteiger partial charge on any atom is 0.239 e. The van der Waals surface area contributed by atoms with Crippen molar-refractivity contribution in [1.82, 2.24) is 4.98 Å². The fraction of sp³-hybridized carbons (Fsp3) is 0.286. The summed E-state index contributed by atoms with van der Waals surface area (Å²) in [4.78, 5) is 15.7. The summed E-state index contributed by atoms with van der Waals surface area (Å²) in [6, 6.07) is 6.52. The zero-order chi connectivity index (χ0) is 15.6. The standard InChI is InChI=1S/C14H14Cl2N2O3/c1-7(19)14(21)11-4-2-8-10(17-11)5-3-9(16)13(8)18-12(20)6-15/h2-5,7,14,19,21H,6H2,1H3,(H,18,20). The summed E-state index contributed by atoms with van der Waals surface area (Å²) < 4.78 is 0. The Hall–Kier alpha value is -1.40. The summed E-state index contributed by atoms with van der Waals surface area (Å²) in [7, 11) is 0. The number of hydrogen-bond acceptors (Lipinski definition) is 4. The van der Waals surface area contributed by atoms with Crippen molar-refractivity contribution in [2.45, 2.75) is 19.1 Å². The number of aromatic nitrogens is 1. The van der Waals surface area contributed by atoms with E-state index in [4.69, 9.17) is 23.2 Å². The fourth-order valence-corrected chi connectivity index (χ4v) is 2.18. The van der Waals surface area contributed by atoms with Gasteiger partial charge in [-0.2, -0.15) is 0 Å². The average Bonchev–Trinajstić information content (AvgIpc) is 2.48. The Bertz CT molecular complexity index is 677. The Morgan fingerprint density at radius 3 is 2.67 bits per heavy atom. The number of nitrogens with one attached hydrogen (secondary N) is 1. The number of hydrogen-bond donors (Lipinski definition) is 3. The largest absolute Gasteiger partial charge is 0.390 e. The maximum atomic E-state index is 11.4. The number of amides is 1. The molecule has 0 aliphatic carbocycles. The van der Waals surface area contributed by atoms with Gasteiger partial charge < -0.3 is 15.5 Å². The molecule has 2 atom stereocenters. The number of carbonyl (C=O) groups excluding carboxylic acids is 1. The molecule has 3 N–H and O–H groups in total. The van der Waals surface area contributed by atoms with E-state index in [0.29, 0.717) is 27.3 Å². The van der Waals surface area contributed by atoms with E-state index in [0.717, 1.165) is 0 Å². The summed E-state index contributed by atoms with van der Waals surface area (Å²) >= 11 is 11.6. The predicted octanol–water partition coefficient (Wildman–Crippen LogP) is 2.48. The molecule has 0 aliphatic heterocycles. The Balaban J connectivity index is 2.51. The van der Waals surface area contributed by atoms with Crippen LogP contribution in [0, 0.1) is 0 Å². The quantitative estimate of drug-likeness (QED) is 0.753. The number of alkyl halides is 1. The van der Waals surface area contributed by atoms with Crippen molar-refractivity contribution in [2.24, 2.45) is 0 Å². The van der Waals surface area contributed by atoms with Crippen LogP contribution in [0.15, 0.2) is 24.3 Å². The first-order chi connectivity index (χ1) is 9.93. The van der Waals surface area contributed by atoms with E-state index in [2.05, 4.69) is 10.3 Å². The molecule has 0 saturated carbocycles. The van der Waals surface area contributed by atoms with Gasteiger partial charge in [0.2, 0.25) is 5.91 Å². The third kappa shape index (κ3) is 3.44. The number of fused-ring (bicyclic) bond motifs is 1. The highest BCUT2D eigenvalue weighted by Gasteiger charge is 2.17. The first-order valence-electron chi connectivity index (χ1n) is 6.25. The predicted molar refractivity (Wildman–Crippen MR) is 82.7 cm³/mol. The van der Waals surface area contributed by atoms with Crippen LogP contribution in [0.1, 0.15) is 18.7 Å². The molecule has 2 unspecified atom stereocenters. The molecule has 1 aromatic carbocycles. The van der Waals surface area contributed by atoms with Crippen LogP contribution >= 0.6 is 23.2 Å². The lowest BCUT2D eigenvalue weighted by molar-refractivity contribution is -0.113. The summed E-state index contributed by atoms with van der Waals surface area (Å²) in [6.45, 7) is 1.48. The van der Waals surface area contributed by atoms with Gasteiger partial charge in [-0.05, 0) is 31.2 Å². The third-order valence-corrected chi connectivity index (χ3v) is 3.55. The van der Waals surface area contributed by atoms with Crippen LogP contribution in [-0.4, -0.2) is 33.1 Å². The van der Waals surface area contributed by atoms with Crippen molar-refractivity contribution in [3.63, 3.8) is 0 Å². The lowest BCUT2D eigenvalue weighted by Gasteiger charge is -2.15. The summed E-state index contributed by atoms with van der Waals surface area (Å²) in [5.74, 6) is -0.557. The molecule has 0 aliphatic rings. The SMILES string of the molecule is CC(O)C(O)c1ccc2c(NC(=O)CCl)c(Cl)ccc2n1. The van der Waals surface area contributed by atoms with Gasteiger partial charge in [0.15, 0.2) is 0 Å². The zero-order valence-electron chi connectivity index (χ0n) is 11.2. The summed E-state index contributed by atoms with van der Waals surface area (Å²) in [6.07, 6.45) is -2.01. The topological polar surface area (TPSA) is 82.5 Å². The van der Waals surface area contributed by atoms with Gasteiger partial charge in [-0.25, -0.2) is 4.98 Å². The van der Waals surface area contributed by atoms with Crippen LogP contribution in [0.4, 0.5) is 5.69 Å². The lowest BCUT2D eigenvalue weighted by atomic mass is 10.1. The zero-order valence-corrected chi connectivity index (χ0v) is 12.7. The molecule has 21 heavy (non-hydrogen) atoms. The van der Waals surface area contributed by atoms with Crippen LogP contribution in [-0.2, 0) is 4.79 Å². The van der Waals surface area contributed by atoms with Gasteiger partial charge in [0.25, 0.3) is 0 Å². The van der Waals surface area contributed by atoms with Crippen LogP contribution in [0.25, 0.3) is 10.9 Å². The molecule has 2 rings (SSSR count). The van der Waals surface area contributed by atoms with Gasteiger partial charge in [-0.3, -0.25) is 4.79 Å². The molecule has 0 bridgehead atoms. The van der Waals surface area contributed by atoms with E-state index in [1.54, 1.807) is 24.3 Å². The van der Waals surface area contributed by atoms with Gasteiger partial charge in [-0.15, -0.1) is 11.6 Å². The number of nitrogens with zero attached hydrogens (tertiary/aromatic N) is 1. The molecule has 5 nitrogen and oxygen atoms in total. The molecule has 0 fully saturated rings. The highest BCUT2D eigenvalue weighted by molar-refractivity contribution is 6.36.